The van der Waals surface area contributed by atoms with Gasteiger partial charge in [0.15, 0.2) is 0 Å². The maximum Gasteiger partial charge on any atom is 0.227 e. The van der Waals surface area contributed by atoms with E-state index in [-0.39, 0.29) is 24.2 Å². The standard InChI is InChI=1S/C21H26N2O2.ClH/c1-16-13-19(11-12-22-16)21(24)23-20-9-7-18(8-10-20)15-25-14-17-5-3-2-4-6-17;/h2-10,16,19,22H,11-15H2,1H3,(H,23,24);1H/t16-,19-;/m0./s1. The average molecular weight is 375 g/mol. The number of carbonyl (C=O) groups excluding carboxylic acids is 1. The molecule has 1 aliphatic rings. The van der Waals surface area contributed by atoms with Crippen LogP contribution in [-0.2, 0) is 22.7 Å². The lowest BCUT2D eigenvalue weighted by molar-refractivity contribution is -0.120. The molecule has 5 heteroatoms. The van der Waals surface area contributed by atoms with E-state index in [1.165, 1.54) is 5.56 Å². The Morgan fingerprint density at radius 3 is 2.38 bits per heavy atom. The predicted octanol–water partition coefficient (Wildman–Crippen LogP) is 4.15. The number of halogens is 1. The highest BCUT2D eigenvalue weighted by atomic mass is 35.5. The summed E-state index contributed by atoms with van der Waals surface area (Å²) in [7, 11) is 0. The second kappa shape index (κ2) is 10.3. The van der Waals surface area contributed by atoms with Crippen LogP contribution in [0.4, 0.5) is 5.69 Å². The number of anilines is 1. The zero-order valence-electron chi connectivity index (χ0n) is 15.1. The van der Waals surface area contributed by atoms with E-state index in [0.29, 0.717) is 19.3 Å². The van der Waals surface area contributed by atoms with Crippen molar-refractivity contribution >= 4 is 24.0 Å². The van der Waals surface area contributed by atoms with Crippen LogP contribution in [0.25, 0.3) is 0 Å². The largest absolute Gasteiger partial charge is 0.372 e. The number of nitrogens with one attached hydrogen (secondary N) is 2. The Morgan fingerprint density at radius 2 is 1.73 bits per heavy atom. The molecule has 2 aromatic rings. The first kappa shape index (κ1) is 20.4. The molecular weight excluding hydrogens is 348 g/mol. The molecule has 1 fully saturated rings. The van der Waals surface area contributed by atoms with Crippen molar-refractivity contribution < 1.29 is 9.53 Å². The molecular formula is C21H27ClN2O2. The van der Waals surface area contributed by atoms with Gasteiger partial charge in [-0.2, -0.15) is 0 Å². The number of amides is 1. The summed E-state index contributed by atoms with van der Waals surface area (Å²) in [5.74, 6) is 0.228. The first-order chi connectivity index (χ1) is 12.2. The smallest absolute Gasteiger partial charge is 0.227 e. The topological polar surface area (TPSA) is 50.4 Å². The SMILES string of the molecule is C[C@H]1C[C@@H](C(=O)Nc2ccc(COCc3ccccc3)cc2)CCN1.Cl. The van der Waals surface area contributed by atoms with E-state index >= 15 is 0 Å². The van der Waals surface area contributed by atoms with Gasteiger partial charge in [-0.3, -0.25) is 4.79 Å². The third-order valence-electron chi connectivity index (χ3n) is 4.60. The summed E-state index contributed by atoms with van der Waals surface area (Å²) >= 11 is 0. The van der Waals surface area contributed by atoms with Gasteiger partial charge in [0.05, 0.1) is 13.2 Å². The summed E-state index contributed by atoms with van der Waals surface area (Å²) in [6, 6.07) is 18.5. The van der Waals surface area contributed by atoms with Gasteiger partial charge in [0.1, 0.15) is 0 Å². The van der Waals surface area contributed by atoms with Crippen molar-refractivity contribution in [3.05, 3.63) is 65.7 Å². The minimum Gasteiger partial charge on any atom is -0.372 e. The van der Waals surface area contributed by atoms with Gasteiger partial charge in [-0.1, -0.05) is 42.5 Å². The highest BCUT2D eigenvalue weighted by molar-refractivity contribution is 5.92. The molecule has 2 N–H and O–H groups in total. The Labute approximate surface area is 161 Å². The third kappa shape index (κ3) is 6.13. The molecule has 0 radical (unpaired) electrons. The minimum atomic E-state index is 0. The molecule has 1 heterocycles. The zero-order chi connectivity index (χ0) is 17.5. The van der Waals surface area contributed by atoms with E-state index in [1.54, 1.807) is 0 Å². The summed E-state index contributed by atoms with van der Waals surface area (Å²) in [6.45, 7) is 4.21. The third-order valence-corrected chi connectivity index (χ3v) is 4.60. The van der Waals surface area contributed by atoms with E-state index in [1.807, 2.05) is 42.5 Å². The molecule has 1 saturated heterocycles. The van der Waals surface area contributed by atoms with E-state index in [4.69, 9.17) is 4.74 Å². The number of hydrogen-bond acceptors (Lipinski definition) is 3. The van der Waals surface area contributed by atoms with E-state index in [2.05, 4.69) is 29.7 Å². The van der Waals surface area contributed by atoms with Crippen molar-refractivity contribution in [2.75, 3.05) is 11.9 Å². The fourth-order valence-electron chi connectivity index (χ4n) is 3.16. The van der Waals surface area contributed by atoms with Crippen LogP contribution in [0.15, 0.2) is 54.6 Å². The maximum atomic E-state index is 12.4. The molecule has 0 saturated carbocycles. The number of hydrogen-bond donors (Lipinski definition) is 2. The van der Waals surface area contributed by atoms with Crippen LogP contribution in [0.1, 0.15) is 30.9 Å². The van der Waals surface area contributed by atoms with Crippen LogP contribution < -0.4 is 10.6 Å². The van der Waals surface area contributed by atoms with E-state index in [0.717, 1.165) is 30.6 Å². The Balaban J connectivity index is 0.00000243. The molecule has 0 aromatic heterocycles. The van der Waals surface area contributed by atoms with Crippen molar-refractivity contribution in [1.29, 1.82) is 0 Å². The molecule has 1 amide bonds. The summed E-state index contributed by atoms with van der Waals surface area (Å²) in [4.78, 5) is 12.4. The molecule has 3 rings (SSSR count). The molecule has 1 aliphatic heterocycles. The minimum absolute atomic E-state index is 0. The second-order valence-electron chi connectivity index (χ2n) is 6.74. The first-order valence-electron chi connectivity index (χ1n) is 8.95. The van der Waals surface area contributed by atoms with Gasteiger partial charge >= 0.3 is 0 Å². The molecule has 140 valence electrons. The number of benzene rings is 2. The molecule has 4 nitrogen and oxygen atoms in total. The molecule has 0 aliphatic carbocycles. The summed E-state index contributed by atoms with van der Waals surface area (Å²) in [6.07, 6.45) is 1.80. The lowest BCUT2D eigenvalue weighted by Crippen LogP contribution is -2.40. The molecule has 2 aromatic carbocycles. The maximum absolute atomic E-state index is 12.4. The fourth-order valence-corrected chi connectivity index (χ4v) is 3.16. The van der Waals surface area contributed by atoms with Crippen LogP contribution >= 0.6 is 12.4 Å². The first-order valence-corrected chi connectivity index (χ1v) is 8.95. The monoisotopic (exact) mass is 374 g/mol. The normalized spacial score (nSPS) is 19.4. The van der Waals surface area contributed by atoms with Gasteiger partial charge in [-0.25, -0.2) is 0 Å². The second-order valence-corrected chi connectivity index (χ2v) is 6.74. The van der Waals surface area contributed by atoms with Gasteiger partial charge in [0, 0.05) is 17.6 Å². The van der Waals surface area contributed by atoms with Crippen molar-refractivity contribution in [1.82, 2.24) is 5.32 Å². The highest BCUT2D eigenvalue weighted by Crippen LogP contribution is 2.19. The fraction of sp³-hybridized carbons (Fsp3) is 0.381. The molecule has 0 unspecified atom stereocenters. The van der Waals surface area contributed by atoms with Gasteiger partial charge in [-0.05, 0) is 49.6 Å². The van der Waals surface area contributed by atoms with Crippen LogP contribution in [0.3, 0.4) is 0 Å². The Hall–Kier alpha value is -1.88. The number of ether oxygens (including phenoxy) is 1. The van der Waals surface area contributed by atoms with Gasteiger partial charge in [0.25, 0.3) is 0 Å². The van der Waals surface area contributed by atoms with Crippen molar-refractivity contribution in [3.8, 4) is 0 Å². The lowest BCUT2D eigenvalue weighted by atomic mass is 9.92. The van der Waals surface area contributed by atoms with Gasteiger partial charge in [0.2, 0.25) is 5.91 Å². The quantitative estimate of drug-likeness (QED) is 0.798. The van der Waals surface area contributed by atoms with Crippen molar-refractivity contribution in [2.45, 2.75) is 39.0 Å². The number of rotatable bonds is 6. The molecule has 0 bridgehead atoms. The van der Waals surface area contributed by atoms with Gasteiger partial charge in [-0.15, -0.1) is 12.4 Å². The lowest BCUT2D eigenvalue weighted by Gasteiger charge is -2.27. The van der Waals surface area contributed by atoms with Crippen LogP contribution in [0.2, 0.25) is 0 Å². The van der Waals surface area contributed by atoms with E-state index in [9.17, 15) is 4.79 Å². The molecule has 2 atom stereocenters. The Morgan fingerprint density at radius 1 is 1.08 bits per heavy atom. The number of piperidine rings is 1. The Kier molecular flexibility index (Phi) is 8.10. The van der Waals surface area contributed by atoms with Crippen molar-refractivity contribution in [3.63, 3.8) is 0 Å². The van der Waals surface area contributed by atoms with Crippen LogP contribution in [0.5, 0.6) is 0 Å². The summed E-state index contributed by atoms with van der Waals surface area (Å²) in [5.41, 5.74) is 3.12. The summed E-state index contributed by atoms with van der Waals surface area (Å²) < 4.78 is 5.74. The van der Waals surface area contributed by atoms with Crippen molar-refractivity contribution in [2.24, 2.45) is 5.92 Å². The average Bonchev–Trinajstić information content (AvgIpc) is 2.64. The molecule has 26 heavy (non-hydrogen) atoms. The zero-order valence-corrected chi connectivity index (χ0v) is 15.9. The summed E-state index contributed by atoms with van der Waals surface area (Å²) in [5, 5.41) is 6.41. The Bertz CT molecular complexity index is 676. The predicted molar refractivity (Wildman–Crippen MR) is 107 cm³/mol. The van der Waals surface area contributed by atoms with Gasteiger partial charge < -0.3 is 15.4 Å². The number of carbonyl (C=O) groups is 1. The van der Waals surface area contributed by atoms with Crippen LogP contribution in [-0.4, -0.2) is 18.5 Å². The highest BCUT2D eigenvalue weighted by Gasteiger charge is 2.24. The van der Waals surface area contributed by atoms with E-state index < -0.39 is 0 Å². The van der Waals surface area contributed by atoms with Crippen LogP contribution in [0, 0.1) is 5.92 Å². The molecule has 0 spiro atoms.